The van der Waals surface area contributed by atoms with E-state index < -0.39 is 0 Å². The van der Waals surface area contributed by atoms with Crippen molar-refractivity contribution in [2.45, 2.75) is 6.92 Å². The van der Waals surface area contributed by atoms with Crippen molar-refractivity contribution in [2.75, 3.05) is 0 Å². The molecule has 0 fully saturated rings. The van der Waals surface area contributed by atoms with Gasteiger partial charge in [-0.25, -0.2) is 0 Å². The minimum Gasteiger partial charge on any atom is -0.506 e. The molecule has 4 heteroatoms. The molecule has 0 aromatic heterocycles. The Labute approximate surface area is 147 Å². The van der Waals surface area contributed by atoms with Crippen LogP contribution in [0.4, 0.5) is 5.69 Å². The number of rotatable bonds is 6. The molecular weight excluding hydrogens is 312 g/mol. The van der Waals surface area contributed by atoms with Gasteiger partial charge in [-0.3, -0.25) is 9.98 Å². The van der Waals surface area contributed by atoms with E-state index in [0.29, 0.717) is 11.4 Å². The minimum atomic E-state index is 0.0801. The molecule has 0 heterocycles. The molecule has 0 spiro atoms. The molecule has 2 aromatic rings. The molecule has 0 unspecified atom stereocenters. The second kappa shape index (κ2) is 9.03. The minimum absolute atomic E-state index is 0.0801. The summed E-state index contributed by atoms with van der Waals surface area (Å²) in [5.74, 6) is 0.208. The van der Waals surface area contributed by atoms with Gasteiger partial charge >= 0.3 is 0 Å². The molecule has 0 aliphatic rings. The zero-order valence-corrected chi connectivity index (χ0v) is 14.0. The number of aliphatic imine (C=N–C) groups is 2. The first-order valence-electron chi connectivity index (χ1n) is 7.76. The summed E-state index contributed by atoms with van der Waals surface area (Å²) in [4.78, 5) is 8.61. The Kier molecular flexibility index (Phi) is 6.48. The van der Waals surface area contributed by atoms with E-state index in [2.05, 4.69) is 16.6 Å². The number of hydrogen-bond acceptors (Lipinski definition) is 4. The van der Waals surface area contributed by atoms with Gasteiger partial charge in [0.25, 0.3) is 0 Å². The van der Waals surface area contributed by atoms with E-state index in [9.17, 15) is 10.2 Å². The predicted molar refractivity (Wildman–Crippen MR) is 104 cm³/mol. The maximum absolute atomic E-state index is 9.86. The van der Waals surface area contributed by atoms with E-state index in [-0.39, 0.29) is 11.5 Å². The number of aliphatic hydroxyl groups excluding tert-OH is 1. The van der Waals surface area contributed by atoms with Crippen LogP contribution in [-0.4, -0.2) is 22.6 Å². The Hall–Kier alpha value is -3.40. The average Bonchev–Trinajstić information content (AvgIpc) is 2.64. The lowest BCUT2D eigenvalue weighted by Gasteiger charge is -2.01. The fourth-order valence-electron chi connectivity index (χ4n) is 1.97. The van der Waals surface area contributed by atoms with Gasteiger partial charge in [-0.15, -0.1) is 0 Å². The number of benzene rings is 2. The molecule has 0 aliphatic heterocycles. The first-order valence-corrected chi connectivity index (χ1v) is 7.76. The van der Waals surface area contributed by atoms with Crippen molar-refractivity contribution >= 4 is 18.1 Å². The third-order valence-corrected chi connectivity index (χ3v) is 3.38. The van der Waals surface area contributed by atoms with Gasteiger partial charge in [0.1, 0.15) is 17.2 Å². The predicted octanol–water partition coefficient (Wildman–Crippen LogP) is 5.09. The van der Waals surface area contributed by atoms with Crippen LogP contribution < -0.4 is 0 Å². The quantitative estimate of drug-likeness (QED) is 0.439. The van der Waals surface area contributed by atoms with Crippen LogP contribution >= 0.6 is 0 Å². The van der Waals surface area contributed by atoms with E-state index in [4.69, 9.17) is 0 Å². The molecule has 2 N–H and O–H groups in total. The Balaban J connectivity index is 2.27. The summed E-state index contributed by atoms with van der Waals surface area (Å²) >= 11 is 0. The van der Waals surface area contributed by atoms with Crippen LogP contribution in [0, 0.1) is 0 Å². The molecule has 0 amide bonds. The second-order valence-corrected chi connectivity index (χ2v) is 5.20. The van der Waals surface area contributed by atoms with Crippen molar-refractivity contribution in [1.82, 2.24) is 0 Å². The molecule has 2 aromatic carbocycles. The monoisotopic (exact) mass is 332 g/mol. The first-order chi connectivity index (χ1) is 12.1. The SMILES string of the molecule is C=C\C=C/C(O)=C(C)/N=C/c1ccccc1/C=N/c1ccccc1O. The number of aliphatic hydroxyl groups is 1. The highest BCUT2D eigenvalue weighted by molar-refractivity contribution is 5.95. The molecule has 0 aliphatic carbocycles. The number of phenolic OH excluding ortho intramolecular Hbond substituents is 1. The number of aromatic hydroxyl groups is 1. The van der Waals surface area contributed by atoms with E-state index in [1.165, 1.54) is 6.08 Å². The largest absolute Gasteiger partial charge is 0.506 e. The third-order valence-electron chi connectivity index (χ3n) is 3.38. The number of hydrogen-bond donors (Lipinski definition) is 2. The van der Waals surface area contributed by atoms with Gasteiger partial charge in [0, 0.05) is 23.6 Å². The molecular formula is C21H20N2O2. The van der Waals surface area contributed by atoms with Crippen molar-refractivity contribution in [3.05, 3.63) is 95.9 Å². The maximum Gasteiger partial charge on any atom is 0.141 e. The summed E-state index contributed by atoms with van der Waals surface area (Å²) in [6.45, 7) is 5.28. The van der Waals surface area contributed by atoms with E-state index in [1.807, 2.05) is 30.3 Å². The van der Waals surface area contributed by atoms with Crippen molar-refractivity contribution < 1.29 is 10.2 Å². The fourth-order valence-corrected chi connectivity index (χ4v) is 1.97. The number of nitrogens with zero attached hydrogens (tertiary/aromatic N) is 2. The zero-order valence-electron chi connectivity index (χ0n) is 14.0. The lowest BCUT2D eigenvalue weighted by Crippen LogP contribution is -1.92. The standard InChI is InChI=1S/C21H20N2O2/c1-3-4-12-20(24)16(2)22-14-17-9-5-6-10-18(17)15-23-19-11-7-8-13-21(19)25/h3-15,24-25H,1H2,2H3/b12-4-,20-16-,22-14+,23-15+. The van der Waals surface area contributed by atoms with Gasteiger partial charge in [-0.2, -0.15) is 0 Å². The number of allylic oxidation sites excluding steroid dienone is 4. The second-order valence-electron chi connectivity index (χ2n) is 5.20. The normalized spacial score (nSPS) is 12.8. The third kappa shape index (κ3) is 5.32. The van der Waals surface area contributed by atoms with E-state index in [0.717, 1.165) is 11.1 Å². The number of para-hydroxylation sites is 2. The van der Waals surface area contributed by atoms with E-state index in [1.54, 1.807) is 49.7 Å². The highest BCUT2D eigenvalue weighted by Crippen LogP contribution is 2.24. The van der Waals surface area contributed by atoms with Crippen LogP contribution in [0.3, 0.4) is 0 Å². The van der Waals surface area contributed by atoms with Crippen LogP contribution in [-0.2, 0) is 0 Å². The summed E-state index contributed by atoms with van der Waals surface area (Å²) in [7, 11) is 0. The molecule has 0 bridgehead atoms. The molecule has 25 heavy (non-hydrogen) atoms. The lowest BCUT2D eigenvalue weighted by molar-refractivity contribution is 0.425. The molecule has 4 nitrogen and oxygen atoms in total. The van der Waals surface area contributed by atoms with Crippen molar-refractivity contribution in [3.8, 4) is 5.75 Å². The fraction of sp³-hybridized carbons (Fsp3) is 0.0476. The topological polar surface area (TPSA) is 65.2 Å². The van der Waals surface area contributed by atoms with Gasteiger partial charge in [0.15, 0.2) is 0 Å². The summed E-state index contributed by atoms with van der Waals surface area (Å²) in [6.07, 6.45) is 8.09. The van der Waals surface area contributed by atoms with Crippen molar-refractivity contribution in [2.24, 2.45) is 9.98 Å². The summed E-state index contributed by atoms with van der Waals surface area (Å²) in [5.41, 5.74) is 2.69. The molecule has 0 saturated carbocycles. The van der Waals surface area contributed by atoms with E-state index >= 15 is 0 Å². The Morgan fingerprint density at radius 1 is 1.00 bits per heavy atom. The van der Waals surface area contributed by atoms with Gasteiger partial charge in [-0.1, -0.05) is 55.1 Å². The molecule has 0 saturated heterocycles. The van der Waals surface area contributed by atoms with Gasteiger partial charge in [0.2, 0.25) is 0 Å². The summed E-state index contributed by atoms with van der Waals surface area (Å²) in [6, 6.07) is 14.5. The highest BCUT2D eigenvalue weighted by Gasteiger charge is 2.00. The summed E-state index contributed by atoms with van der Waals surface area (Å²) in [5, 5.41) is 19.6. The summed E-state index contributed by atoms with van der Waals surface area (Å²) < 4.78 is 0. The Morgan fingerprint density at radius 2 is 1.64 bits per heavy atom. The molecule has 0 radical (unpaired) electrons. The Morgan fingerprint density at radius 3 is 2.32 bits per heavy atom. The average molecular weight is 332 g/mol. The highest BCUT2D eigenvalue weighted by atomic mass is 16.3. The van der Waals surface area contributed by atoms with Crippen LogP contribution in [0.25, 0.3) is 0 Å². The maximum atomic E-state index is 9.86. The van der Waals surface area contributed by atoms with Crippen LogP contribution in [0.1, 0.15) is 18.1 Å². The van der Waals surface area contributed by atoms with Crippen molar-refractivity contribution in [1.29, 1.82) is 0 Å². The van der Waals surface area contributed by atoms with Crippen LogP contribution in [0.5, 0.6) is 5.75 Å². The van der Waals surface area contributed by atoms with Crippen LogP contribution in [0.2, 0.25) is 0 Å². The van der Waals surface area contributed by atoms with Crippen molar-refractivity contribution in [3.63, 3.8) is 0 Å². The molecule has 2 rings (SSSR count). The van der Waals surface area contributed by atoms with Gasteiger partial charge in [0.05, 0.1) is 5.70 Å². The molecule has 0 atom stereocenters. The Bertz CT molecular complexity index is 862. The smallest absolute Gasteiger partial charge is 0.141 e. The number of phenols is 1. The first kappa shape index (κ1) is 17.9. The van der Waals surface area contributed by atoms with Gasteiger partial charge < -0.3 is 10.2 Å². The van der Waals surface area contributed by atoms with Crippen LogP contribution in [0.15, 0.2) is 94.8 Å². The molecule has 126 valence electrons. The zero-order chi connectivity index (χ0) is 18.1. The van der Waals surface area contributed by atoms with Gasteiger partial charge in [-0.05, 0) is 25.1 Å². The lowest BCUT2D eigenvalue weighted by atomic mass is 10.1.